The van der Waals surface area contributed by atoms with Gasteiger partial charge >= 0.3 is 12.1 Å². The third kappa shape index (κ3) is 5.99. The summed E-state index contributed by atoms with van der Waals surface area (Å²) >= 11 is 0. The van der Waals surface area contributed by atoms with E-state index in [9.17, 15) is 9.59 Å². The van der Waals surface area contributed by atoms with Crippen molar-refractivity contribution >= 4 is 18.1 Å². The molecule has 6 heteroatoms. The maximum absolute atomic E-state index is 11.5. The average molecular weight is 278 g/mol. The molecule has 1 amide bonds. The molecule has 0 aromatic carbocycles. The van der Waals surface area contributed by atoms with E-state index in [1.807, 2.05) is 0 Å². The van der Waals surface area contributed by atoms with Crippen molar-refractivity contribution in [2.45, 2.75) is 26.4 Å². The molecule has 0 spiro atoms. The highest BCUT2D eigenvalue weighted by Crippen LogP contribution is 2.08. The molecule has 0 aliphatic carbocycles. The Balaban J connectivity index is 2.68. The number of aromatic nitrogens is 1. The largest absolute Gasteiger partial charge is 0.478 e. The smallest absolute Gasteiger partial charge is 0.407 e. The quantitative estimate of drug-likeness (QED) is 0.823. The molecule has 6 nitrogen and oxygen atoms in total. The molecule has 1 aromatic heterocycles. The minimum absolute atomic E-state index is 0.0575. The summed E-state index contributed by atoms with van der Waals surface area (Å²) in [5.41, 5.74) is 0.132. The van der Waals surface area contributed by atoms with Gasteiger partial charge in [-0.25, -0.2) is 9.59 Å². The minimum atomic E-state index is -1.10. The fraction of sp³-hybridized carbons (Fsp3) is 0.357. The lowest BCUT2D eigenvalue weighted by Gasteiger charge is -2.19. The molecule has 20 heavy (non-hydrogen) atoms. The SMILES string of the molecule is CC(C)(C)OC(=O)NCC(=Cc1ccncc1)C(=O)O. The van der Waals surface area contributed by atoms with Crippen molar-refractivity contribution in [3.8, 4) is 0 Å². The number of hydrogen-bond acceptors (Lipinski definition) is 4. The first kappa shape index (κ1) is 15.7. The van der Waals surface area contributed by atoms with Gasteiger partial charge in [-0.05, 0) is 44.5 Å². The van der Waals surface area contributed by atoms with Crippen molar-refractivity contribution in [1.29, 1.82) is 0 Å². The first-order chi connectivity index (χ1) is 9.28. The Labute approximate surface area is 117 Å². The summed E-state index contributed by atoms with van der Waals surface area (Å²) in [5.74, 6) is -1.10. The van der Waals surface area contributed by atoms with Gasteiger partial charge in [0.25, 0.3) is 0 Å². The molecule has 0 radical (unpaired) electrons. The zero-order valence-corrected chi connectivity index (χ0v) is 11.7. The third-order valence-electron chi connectivity index (χ3n) is 2.14. The molecule has 0 saturated heterocycles. The van der Waals surface area contributed by atoms with Gasteiger partial charge < -0.3 is 15.2 Å². The van der Waals surface area contributed by atoms with Crippen molar-refractivity contribution < 1.29 is 19.4 Å². The molecular weight excluding hydrogens is 260 g/mol. The second-order valence-corrected chi connectivity index (χ2v) is 5.11. The molecular formula is C14H18N2O4. The Hall–Kier alpha value is -2.37. The number of carbonyl (C=O) groups excluding carboxylic acids is 1. The van der Waals surface area contributed by atoms with Crippen LogP contribution in [0.3, 0.4) is 0 Å². The Morgan fingerprint density at radius 3 is 2.45 bits per heavy atom. The number of rotatable bonds is 4. The molecule has 108 valence electrons. The highest BCUT2D eigenvalue weighted by atomic mass is 16.6. The van der Waals surface area contributed by atoms with Gasteiger partial charge in [0.1, 0.15) is 5.60 Å². The van der Waals surface area contributed by atoms with Crippen molar-refractivity contribution in [2.24, 2.45) is 0 Å². The number of carbonyl (C=O) groups is 2. The predicted octanol–water partition coefficient (Wildman–Crippen LogP) is 2.07. The van der Waals surface area contributed by atoms with E-state index in [0.29, 0.717) is 5.56 Å². The molecule has 0 bridgehead atoms. The molecule has 0 aliphatic rings. The van der Waals surface area contributed by atoms with E-state index in [0.717, 1.165) is 0 Å². The second-order valence-electron chi connectivity index (χ2n) is 5.11. The number of carboxylic acids is 1. The number of aliphatic carboxylic acids is 1. The Kier molecular flexibility index (Phi) is 5.25. The van der Waals surface area contributed by atoms with Gasteiger partial charge in [0, 0.05) is 12.4 Å². The van der Waals surface area contributed by atoms with E-state index in [1.54, 1.807) is 45.3 Å². The number of ether oxygens (including phenoxy) is 1. The second kappa shape index (κ2) is 6.70. The Morgan fingerprint density at radius 2 is 1.95 bits per heavy atom. The number of amides is 1. The van der Waals surface area contributed by atoms with Crippen LogP contribution in [0.1, 0.15) is 26.3 Å². The topological polar surface area (TPSA) is 88.5 Å². The molecule has 1 aromatic rings. The van der Waals surface area contributed by atoms with Crippen LogP contribution < -0.4 is 5.32 Å². The summed E-state index contributed by atoms with van der Waals surface area (Å²) in [6, 6.07) is 3.35. The maximum Gasteiger partial charge on any atom is 0.407 e. The predicted molar refractivity (Wildman–Crippen MR) is 74.1 cm³/mol. The van der Waals surface area contributed by atoms with Crippen molar-refractivity contribution in [2.75, 3.05) is 6.54 Å². The van der Waals surface area contributed by atoms with Crippen LogP contribution in [0.2, 0.25) is 0 Å². The Morgan fingerprint density at radius 1 is 1.35 bits per heavy atom. The lowest BCUT2D eigenvalue weighted by molar-refractivity contribution is -0.132. The third-order valence-corrected chi connectivity index (χ3v) is 2.14. The maximum atomic E-state index is 11.5. The van der Waals surface area contributed by atoms with Crippen LogP contribution in [-0.4, -0.2) is 34.3 Å². The molecule has 0 fully saturated rings. The van der Waals surface area contributed by atoms with Crippen LogP contribution >= 0.6 is 0 Å². The van der Waals surface area contributed by atoms with Crippen LogP contribution in [0, 0.1) is 0 Å². The van der Waals surface area contributed by atoms with E-state index in [4.69, 9.17) is 9.84 Å². The molecule has 0 saturated carbocycles. The first-order valence-electron chi connectivity index (χ1n) is 6.08. The van der Waals surface area contributed by atoms with E-state index in [-0.39, 0.29) is 12.1 Å². The summed E-state index contributed by atoms with van der Waals surface area (Å²) in [7, 11) is 0. The average Bonchev–Trinajstić information content (AvgIpc) is 2.33. The van der Waals surface area contributed by atoms with Crippen molar-refractivity contribution in [3.63, 3.8) is 0 Å². The van der Waals surface area contributed by atoms with Crippen molar-refractivity contribution in [3.05, 3.63) is 35.7 Å². The van der Waals surface area contributed by atoms with Crippen LogP contribution in [0.4, 0.5) is 4.79 Å². The molecule has 0 atom stereocenters. The van der Waals surface area contributed by atoms with Gasteiger partial charge in [-0.1, -0.05) is 0 Å². The number of carboxylic acid groups (broad SMARTS) is 1. The highest BCUT2D eigenvalue weighted by molar-refractivity contribution is 5.93. The molecule has 2 N–H and O–H groups in total. The normalized spacial score (nSPS) is 11.8. The van der Waals surface area contributed by atoms with Crippen LogP contribution in [0.25, 0.3) is 6.08 Å². The Bertz CT molecular complexity index is 504. The monoisotopic (exact) mass is 278 g/mol. The van der Waals surface area contributed by atoms with Gasteiger partial charge in [-0.3, -0.25) is 4.98 Å². The van der Waals surface area contributed by atoms with Gasteiger partial charge in [0.05, 0.1) is 12.1 Å². The summed E-state index contributed by atoms with van der Waals surface area (Å²) in [4.78, 5) is 26.4. The molecule has 0 aliphatic heterocycles. The van der Waals surface area contributed by atoms with E-state index < -0.39 is 17.7 Å². The first-order valence-corrected chi connectivity index (χ1v) is 6.08. The lowest BCUT2D eigenvalue weighted by atomic mass is 10.1. The van der Waals surface area contributed by atoms with E-state index in [1.165, 1.54) is 6.08 Å². The minimum Gasteiger partial charge on any atom is -0.478 e. The lowest BCUT2D eigenvalue weighted by Crippen LogP contribution is -2.34. The number of pyridine rings is 1. The summed E-state index contributed by atoms with van der Waals surface area (Å²) < 4.78 is 5.04. The van der Waals surface area contributed by atoms with E-state index in [2.05, 4.69) is 10.3 Å². The molecule has 0 unspecified atom stereocenters. The number of nitrogens with one attached hydrogen (secondary N) is 1. The van der Waals surface area contributed by atoms with Crippen LogP contribution in [-0.2, 0) is 9.53 Å². The van der Waals surface area contributed by atoms with Gasteiger partial charge in [0.2, 0.25) is 0 Å². The van der Waals surface area contributed by atoms with Gasteiger partial charge in [-0.2, -0.15) is 0 Å². The van der Waals surface area contributed by atoms with Gasteiger partial charge in [-0.15, -0.1) is 0 Å². The number of nitrogens with zero attached hydrogens (tertiary/aromatic N) is 1. The zero-order valence-electron chi connectivity index (χ0n) is 11.7. The fourth-order valence-electron chi connectivity index (χ4n) is 1.33. The summed E-state index contributed by atoms with van der Waals surface area (Å²) in [6.07, 6.45) is 3.94. The zero-order chi connectivity index (χ0) is 15.2. The van der Waals surface area contributed by atoms with Crippen LogP contribution in [0.5, 0.6) is 0 Å². The molecule has 1 rings (SSSR count). The van der Waals surface area contributed by atoms with Crippen molar-refractivity contribution in [1.82, 2.24) is 10.3 Å². The standard InChI is InChI=1S/C14H18N2O4/c1-14(2,3)20-13(19)16-9-11(12(17)18)8-10-4-6-15-7-5-10/h4-8H,9H2,1-3H3,(H,16,19)(H,17,18). The highest BCUT2D eigenvalue weighted by Gasteiger charge is 2.17. The number of hydrogen-bond donors (Lipinski definition) is 2. The summed E-state index contributed by atoms with van der Waals surface area (Å²) in [6.45, 7) is 5.08. The van der Waals surface area contributed by atoms with E-state index >= 15 is 0 Å². The molecule has 1 heterocycles. The van der Waals surface area contributed by atoms with Crippen LogP contribution in [0.15, 0.2) is 30.1 Å². The fourth-order valence-corrected chi connectivity index (χ4v) is 1.33. The number of alkyl carbamates (subject to hydrolysis) is 1. The summed E-state index contributed by atoms with van der Waals surface area (Å²) in [5, 5.41) is 11.5. The van der Waals surface area contributed by atoms with Gasteiger partial charge in [0.15, 0.2) is 0 Å².